The van der Waals surface area contributed by atoms with Crippen LogP contribution in [0.4, 0.5) is 0 Å². The highest BCUT2D eigenvalue weighted by atomic mass is 16.3. The fraction of sp³-hybridized carbons (Fsp3) is 0.700. The molecule has 4 saturated carbocycles. The first kappa shape index (κ1) is 13.8. The van der Waals surface area contributed by atoms with Crippen molar-refractivity contribution in [1.29, 1.82) is 0 Å². The van der Waals surface area contributed by atoms with Gasteiger partial charge in [0, 0.05) is 0 Å². The Balaban J connectivity index is 0.000000110. The van der Waals surface area contributed by atoms with Gasteiger partial charge in [0.15, 0.2) is 0 Å². The molecule has 8 atom stereocenters. The summed E-state index contributed by atoms with van der Waals surface area (Å²) in [5.74, 6) is 5.32. The minimum absolute atomic E-state index is 0.177. The van der Waals surface area contributed by atoms with Gasteiger partial charge in [-0.1, -0.05) is 52.0 Å². The zero-order chi connectivity index (χ0) is 14.9. The second kappa shape index (κ2) is 4.35. The van der Waals surface area contributed by atoms with E-state index in [-0.39, 0.29) is 5.60 Å². The SMILES string of the molecule is CC1C2CC3C1C3(O)C2C.CC1Cc2ccccc2C1C. The Labute approximate surface area is 128 Å². The predicted octanol–water partition coefficient (Wildman–Crippen LogP) is 4.25. The molecule has 1 nitrogen and oxygen atoms in total. The summed E-state index contributed by atoms with van der Waals surface area (Å²) in [5, 5.41) is 10.0. The van der Waals surface area contributed by atoms with E-state index < -0.39 is 0 Å². The Bertz CT molecular complexity index is 557. The molecular weight excluding hydrogens is 256 g/mol. The van der Waals surface area contributed by atoms with Crippen LogP contribution in [-0.2, 0) is 6.42 Å². The second-order valence-corrected chi connectivity index (χ2v) is 8.24. The first-order chi connectivity index (χ1) is 9.96. The average molecular weight is 284 g/mol. The molecule has 4 bridgehead atoms. The van der Waals surface area contributed by atoms with Gasteiger partial charge in [-0.05, 0) is 65.4 Å². The molecule has 1 aromatic carbocycles. The van der Waals surface area contributed by atoms with Gasteiger partial charge in [0.2, 0.25) is 0 Å². The smallest absolute Gasteiger partial charge is 0.0742 e. The van der Waals surface area contributed by atoms with E-state index in [4.69, 9.17) is 0 Å². The molecule has 5 aliphatic rings. The lowest BCUT2D eigenvalue weighted by molar-refractivity contribution is 0.0946. The van der Waals surface area contributed by atoms with Crippen molar-refractivity contribution in [3.8, 4) is 0 Å². The Morgan fingerprint density at radius 3 is 2.24 bits per heavy atom. The molecule has 0 heterocycles. The van der Waals surface area contributed by atoms with Crippen LogP contribution in [0.5, 0.6) is 0 Å². The number of fused-ring (bicyclic) bond motifs is 1. The number of benzene rings is 1. The van der Waals surface area contributed by atoms with Crippen molar-refractivity contribution in [2.75, 3.05) is 0 Å². The Morgan fingerprint density at radius 2 is 1.81 bits per heavy atom. The lowest BCUT2D eigenvalue weighted by Crippen LogP contribution is -2.17. The summed E-state index contributed by atoms with van der Waals surface area (Å²) < 4.78 is 0. The van der Waals surface area contributed by atoms with Gasteiger partial charge in [0.05, 0.1) is 5.60 Å². The Morgan fingerprint density at radius 1 is 1.10 bits per heavy atom. The van der Waals surface area contributed by atoms with Gasteiger partial charge < -0.3 is 5.11 Å². The highest BCUT2D eigenvalue weighted by molar-refractivity contribution is 5.35. The van der Waals surface area contributed by atoms with Gasteiger partial charge in [0.1, 0.15) is 0 Å². The standard InChI is InChI=1S/C11H14.C9H14O/c1-8-7-10-5-3-4-6-11(10)9(8)2;1-4-6-3-7-8(4)9(7,10)5(6)2/h3-6,8-9H,7H2,1-2H3;4-8,10H,3H2,1-2H3. The van der Waals surface area contributed by atoms with Crippen molar-refractivity contribution in [1.82, 2.24) is 0 Å². The maximum absolute atomic E-state index is 10.0. The zero-order valence-corrected chi connectivity index (χ0v) is 13.7. The minimum atomic E-state index is -0.177. The van der Waals surface area contributed by atoms with E-state index in [0.717, 1.165) is 23.7 Å². The van der Waals surface area contributed by atoms with E-state index >= 15 is 0 Å². The third-order valence-electron chi connectivity index (χ3n) is 7.53. The zero-order valence-electron chi connectivity index (χ0n) is 13.7. The quantitative estimate of drug-likeness (QED) is 0.755. The number of aliphatic hydroxyl groups is 1. The third kappa shape index (κ3) is 1.67. The van der Waals surface area contributed by atoms with Crippen LogP contribution in [0.25, 0.3) is 0 Å². The van der Waals surface area contributed by atoms with E-state index in [1.165, 1.54) is 12.8 Å². The highest BCUT2D eigenvalue weighted by Crippen LogP contribution is 2.77. The van der Waals surface area contributed by atoms with Crippen LogP contribution in [0.2, 0.25) is 0 Å². The predicted molar refractivity (Wildman–Crippen MR) is 86.1 cm³/mol. The fourth-order valence-corrected chi connectivity index (χ4v) is 6.03. The summed E-state index contributed by atoms with van der Waals surface area (Å²) in [6.45, 7) is 9.21. The van der Waals surface area contributed by atoms with E-state index in [0.29, 0.717) is 17.8 Å². The summed E-state index contributed by atoms with van der Waals surface area (Å²) in [7, 11) is 0. The fourth-order valence-electron chi connectivity index (χ4n) is 6.03. The molecule has 21 heavy (non-hydrogen) atoms. The van der Waals surface area contributed by atoms with Crippen LogP contribution in [-0.4, -0.2) is 10.7 Å². The van der Waals surface area contributed by atoms with E-state index in [1.54, 1.807) is 11.1 Å². The summed E-state index contributed by atoms with van der Waals surface area (Å²) in [6, 6.07) is 8.82. The van der Waals surface area contributed by atoms with Crippen LogP contribution in [0.3, 0.4) is 0 Å². The van der Waals surface area contributed by atoms with Gasteiger partial charge >= 0.3 is 0 Å². The molecule has 0 radical (unpaired) electrons. The monoisotopic (exact) mass is 284 g/mol. The lowest BCUT2D eigenvalue weighted by Gasteiger charge is -2.13. The van der Waals surface area contributed by atoms with Gasteiger partial charge in [-0.2, -0.15) is 0 Å². The maximum Gasteiger partial charge on any atom is 0.0742 e. The van der Waals surface area contributed by atoms with Crippen LogP contribution in [0.1, 0.15) is 51.2 Å². The average Bonchev–Trinajstić information content (AvgIpc) is 2.73. The molecule has 5 aliphatic carbocycles. The molecule has 0 saturated heterocycles. The molecule has 1 aromatic rings. The topological polar surface area (TPSA) is 20.2 Å². The normalized spacial score (nSPS) is 51.4. The molecule has 114 valence electrons. The van der Waals surface area contributed by atoms with E-state index in [2.05, 4.69) is 52.0 Å². The van der Waals surface area contributed by atoms with Gasteiger partial charge in [0.25, 0.3) is 0 Å². The van der Waals surface area contributed by atoms with Gasteiger partial charge in [-0.15, -0.1) is 0 Å². The van der Waals surface area contributed by atoms with Crippen LogP contribution in [0.15, 0.2) is 24.3 Å². The third-order valence-corrected chi connectivity index (χ3v) is 7.53. The number of hydrogen-bond donors (Lipinski definition) is 1. The van der Waals surface area contributed by atoms with E-state index in [1.807, 2.05) is 0 Å². The van der Waals surface area contributed by atoms with Crippen molar-refractivity contribution in [2.24, 2.45) is 35.5 Å². The van der Waals surface area contributed by atoms with Crippen molar-refractivity contribution in [2.45, 2.75) is 52.1 Å². The molecule has 1 N–H and O–H groups in total. The molecular formula is C20H28O. The molecule has 8 unspecified atom stereocenters. The van der Waals surface area contributed by atoms with Crippen molar-refractivity contribution in [3.05, 3.63) is 35.4 Å². The van der Waals surface area contributed by atoms with Crippen LogP contribution < -0.4 is 0 Å². The van der Waals surface area contributed by atoms with Gasteiger partial charge in [-0.25, -0.2) is 0 Å². The molecule has 0 aromatic heterocycles. The largest absolute Gasteiger partial charge is 0.389 e. The first-order valence-corrected chi connectivity index (χ1v) is 8.76. The van der Waals surface area contributed by atoms with Crippen molar-refractivity contribution >= 4 is 0 Å². The molecule has 6 rings (SSSR count). The van der Waals surface area contributed by atoms with Crippen molar-refractivity contribution < 1.29 is 5.11 Å². The highest BCUT2D eigenvalue weighted by Gasteiger charge is 2.80. The summed E-state index contributed by atoms with van der Waals surface area (Å²) in [6.07, 6.45) is 2.60. The maximum atomic E-state index is 10.0. The number of rotatable bonds is 0. The second-order valence-electron chi connectivity index (χ2n) is 8.24. The van der Waals surface area contributed by atoms with Gasteiger partial charge in [-0.3, -0.25) is 0 Å². The number of hydrogen-bond acceptors (Lipinski definition) is 1. The summed E-state index contributed by atoms with van der Waals surface area (Å²) >= 11 is 0. The summed E-state index contributed by atoms with van der Waals surface area (Å²) in [4.78, 5) is 0. The first-order valence-electron chi connectivity index (χ1n) is 8.76. The van der Waals surface area contributed by atoms with Crippen molar-refractivity contribution in [3.63, 3.8) is 0 Å². The molecule has 0 aliphatic heterocycles. The Hall–Kier alpha value is -0.820. The minimum Gasteiger partial charge on any atom is -0.389 e. The lowest BCUT2D eigenvalue weighted by atomic mass is 9.94. The Kier molecular flexibility index (Phi) is 2.86. The van der Waals surface area contributed by atoms with E-state index in [9.17, 15) is 5.11 Å². The van der Waals surface area contributed by atoms with Crippen LogP contribution >= 0.6 is 0 Å². The molecule has 0 amide bonds. The summed E-state index contributed by atoms with van der Waals surface area (Å²) in [5.41, 5.74) is 2.96. The molecule has 4 fully saturated rings. The molecule has 0 spiro atoms. The van der Waals surface area contributed by atoms with Crippen LogP contribution in [0, 0.1) is 35.5 Å². The molecule has 1 heteroatoms.